The molecule has 0 radical (unpaired) electrons. The van der Waals surface area contributed by atoms with Crippen molar-refractivity contribution < 1.29 is 14.7 Å². The van der Waals surface area contributed by atoms with E-state index in [0.717, 1.165) is 33.7 Å². The fourth-order valence-electron chi connectivity index (χ4n) is 3.62. The van der Waals surface area contributed by atoms with Crippen LogP contribution < -0.4 is 10.6 Å². The number of carbonyl (C=O) groups is 2. The fourth-order valence-corrected chi connectivity index (χ4v) is 3.62. The maximum atomic E-state index is 12.3. The number of aliphatic carboxylic acids is 1. The van der Waals surface area contributed by atoms with E-state index in [1.165, 1.54) is 0 Å². The molecule has 2 aromatic heterocycles. The molecule has 1 saturated carbocycles. The summed E-state index contributed by atoms with van der Waals surface area (Å²) in [5, 5.41) is 16.3. The quantitative estimate of drug-likeness (QED) is 0.341. The van der Waals surface area contributed by atoms with Crippen LogP contribution in [0.25, 0.3) is 22.3 Å². The van der Waals surface area contributed by atoms with E-state index in [9.17, 15) is 14.7 Å². The zero-order valence-corrected chi connectivity index (χ0v) is 16.6. The number of anilines is 3. The molecule has 1 amide bonds. The van der Waals surface area contributed by atoms with Crippen LogP contribution in [0.1, 0.15) is 12.8 Å². The van der Waals surface area contributed by atoms with Gasteiger partial charge in [-0.1, -0.05) is 30.3 Å². The number of aromatic amines is 1. The van der Waals surface area contributed by atoms with E-state index in [1.54, 1.807) is 18.3 Å². The normalized spacial score (nSPS) is 14.2. The third kappa shape index (κ3) is 3.50. The van der Waals surface area contributed by atoms with Crippen LogP contribution in [-0.4, -0.2) is 27.0 Å². The number of hydrogen-bond donors (Lipinski definition) is 4. The van der Waals surface area contributed by atoms with Gasteiger partial charge in [-0.15, -0.1) is 0 Å². The molecule has 154 valence electrons. The van der Waals surface area contributed by atoms with Gasteiger partial charge in [-0.05, 0) is 54.8 Å². The average molecular weight is 412 g/mol. The van der Waals surface area contributed by atoms with Crippen molar-refractivity contribution in [2.24, 2.45) is 5.41 Å². The molecule has 1 aliphatic carbocycles. The van der Waals surface area contributed by atoms with Crippen molar-refractivity contribution in [3.05, 3.63) is 72.9 Å². The van der Waals surface area contributed by atoms with Crippen LogP contribution in [0.4, 0.5) is 17.1 Å². The zero-order chi connectivity index (χ0) is 21.4. The van der Waals surface area contributed by atoms with Gasteiger partial charge in [0.15, 0.2) is 0 Å². The summed E-state index contributed by atoms with van der Waals surface area (Å²) in [6.07, 6.45) is 2.51. The highest BCUT2D eigenvalue weighted by Gasteiger charge is 2.57. The summed E-state index contributed by atoms with van der Waals surface area (Å²) in [5.41, 5.74) is 3.91. The van der Waals surface area contributed by atoms with Crippen LogP contribution in [0.2, 0.25) is 0 Å². The van der Waals surface area contributed by atoms with Gasteiger partial charge in [0, 0.05) is 28.7 Å². The molecular weight excluding hydrogens is 392 g/mol. The van der Waals surface area contributed by atoms with Gasteiger partial charge < -0.3 is 20.7 Å². The highest BCUT2D eigenvalue weighted by Crippen LogP contribution is 2.46. The van der Waals surface area contributed by atoms with Crippen molar-refractivity contribution in [1.29, 1.82) is 0 Å². The zero-order valence-electron chi connectivity index (χ0n) is 16.6. The average Bonchev–Trinajstić information content (AvgIpc) is 3.49. The van der Waals surface area contributed by atoms with Crippen LogP contribution >= 0.6 is 0 Å². The summed E-state index contributed by atoms with van der Waals surface area (Å²) in [4.78, 5) is 31.3. The molecule has 1 fully saturated rings. The molecule has 4 N–H and O–H groups in total. The van der Waals surface area contributed by atoms with Gasteiger partial charge >= 0.3 is 5.97 Å². The van der Waals surface area contributed by atoms with Gasteiger partial charge in [-0.2, -0.15) is 0 Å². The lowest BCUT2D eigenvalue weighted by Crippen LogP contribution is -2.31. The highest BCUT2D eigenvalue weighted by atomic mass is 16.4. The lowest BCUT2D eigenvalue weighted by atomic mass is 10.1. The molecule has 2 aromatic carbocycles. The van der Waals surface area contributed by atoms with E-state index in [4.69, 9.17) is 0 Å². The number of aromatic nitrogens is 2. The number of hydrogen-bond acceptors (Lipinski definition) is 4. The number of pyridine rings is 1. The molecule has 2 heterocycles. The highest BCUT2D eigenvalue weighted by molar-refractivity contribution is 6.10. The Hall–Kier alpha value is -4.13. The van der Waals surface area contributed by atoms with Crippen molar-refractivity contribution in [3.63, 3.8) is 0 Å². The number of nitrogens with zero attached hydrogens (tertiary/aromatic N) is 1. The van der Waals surface area contributed by atoms with E-state index in [-0.39, 0.29) is 0 Å². The molecule has 7 nitrogen and oxygen atoms in total. The molecule has 1 aliphatic rings. The number of carbonyl (C=O) groups excluding carboxylic acids is 1. The summed E-state index contributed by atoms with van der Waals surface area (Å²) >= 11 is 0. The summed E-state index contributed by atoms with van der Waals surface area (Å²) < 4.78 is 0. The molecule has 0 unspecified atom stereocenters. The van der Waals surface area contributed by atoms with Crippen LogP contribution in [-0.2, 0) is 9.59 Å². The van der Waals surface area contributed by atoms with Crippen molar-refractivity contribution in [2.45, 2.75) is 12.8 Å². The van der Waals surface area contributed by atoms with Crippen LogP contribution in [0, 0.1) is 5.41 Å². The first kappa shape index (κ1) is 18.9. The van der Waals surface area contributed by atoms with Gasteiger partial charge in [-0.25, -0.2) is 4.98 Å². The van der Waals surface area contributed by atoms with Crippen molar-refractivity contribution in [3.8, 4) is 11.3 Å². The lowest BCUT2D eigenvalue weighted by Gasteiger charge is -2.12. The molecule has 31 heavy (non-hydrogen) atoms. The smallest absolute Gasteiger partial charge is 0.319 e. The minimum Gasteiger partial charge on any atom is -0.480 e. The van der Waals surface area contributed by atoms with Crippen LogP contribution in [0.15, 0.2) is 72.9 Å². The van der Waals surface area contributed by atoms with Gasteiger partial charge in [0.1, 0.15) is 11.1 Å². The molecule has 7 heteroatoms. The molecule has 0 atom stereocenters. The Bertz CT molecular complexity index is 1280. The van der Waals surface area contributed by atoms with E-state index in [2.05, 4.69) is 26.7 Å². The third-order valence-corrected chi connectivity index (χ3v) is 5.63. The largest absolute Gasteiger partial charge is 0.480 e. The Morgan fingerprint density at radius 3 is 2.35 bits per heavy atom. The molecular formula is C24H20N4O3. The second kappa shape index (κ2) is 7.28. The summed E-state index contributed by atoms with van der Waals surface area (Å²) in [7, 11) is 0. The van der Waals surface area contributed by atoms with E-state index in [1.807, 2.05) is 48.5 Å². The van der Waals surface area contributed by atoms with Crippen LogP contribution in [0.5, 0.6) is 0 Å². The number of rotatable bonds is 6. The van der Waals surface area contributed by atoms with Gasteiger partial charge in [0.25, 0.3) is 0 Å². The topological polar surface area (TPSA) is 107 Å². The Balaban J connectivity index is 1.35. The minimum atomic E-state index is -1.26. The summed E-state index contributed by atoms with van der Waals surface area (Å²) in [6.45, 7) is 0. The summed E-state index contributed by atoms with van der Waals surface area (Å²) in [6, 6.07) is 21.2. The first-order valence-corrected chi connectivity index (χ1v) is 10.0. The predicted octanol–water partition coefficient (Wildman–Crippen LogP) is 4.78. The maximum Gasteiger partial charge on any atom is 0.319 e. The first-order valence-electron chi connectivity index (χ1n) is 10.0. The number of amides is 1. The Morgan fingerprint density at radius 2 is 1.68 bits per heavy atom. The van der Waals surface area contributed by atoms with Gasteiger partial charge in [0.2, 0.25) is 5.91 Å². The molecule has 0 spiro atoms. The van der Waals surface area contributed by atoms with Gasteiger partial charge in [-0.3, -0.25) is 9.59 Å². The Labute approximate surface area is 178 Å². The van der Waals surface area contributed by atoms with E-state index < -0.39 is 17.3 Å². The second-order valence-electron chi connectivity index (χ2n) is 7.71. The number of nitrogens with one attached hydrogen (secondary N) is 3. The number of carboxylic acid groups (broad SMARTS) is 1. The maximum absolute atomic E-state index is 12.3. The standard InChI is InChI=1S/C24H20N4O3/c29-22(24(11-12-24)23(30)31)27-17-8-6-16(7-9-17)26-19-10-13-25-21-18(19)14-20(28-21)15-4-2-1-3-5-15/h1-10,13-14H,11-12H2,(H,27,29)(H,30,31)(H2,25,26,28). The third-order valence-electron chi connectivity index (χ3n) is 5.63. The lowest BCUT2D eigenvalue weighted by molar-refractivity contribution is -0.147. The molecule has 0 aliphatic heterocycles. The molecule has 0 saturated heterocycles. The molecule has 5 rings (SSSR count). The van der Waals surface area contributed by atoms with Crippen LogP contribution in [0.3, 0.4) is 0 Å². The van der Waals surface area contributed by atoms with Crippen molar-refractivity contribution in [1.82, 2.24) is 9.97 Å². The molecule has 4 aromatic rings. The number of H-pyrrole nitrogens is 1. The SMILES string of the molecule is O=C(O)C1(C(=O)Nc2ccc(Nc3ccnc4[nH]c(-c5ccccc5)cc34)cc2)CC1. The monoisotopic (exact) mass is 412 g/mol. The van der Waals surface area contributed by atoms with Crippen molar-refractivity contribution in [2.75, 3.05) is 10.6 Å². The Kier molecular flexibility index (Phi) is 4.43. The van der Waals surface area contributed by atoms with Gasteiger partial charge in [0.05, 0.1) is 5.69 Å². The Morgan fingerprint density at radius 1 is 0.968 bits per heavy atom. The predicted molar refractivity (Wildman–Crippen MR) is 119 cm³/mol. The van der Waals surface area contributed by atoms with E-state index >= 15 is 0 Å². The molecule has 0 bridgehead atoms. The first-order chi connectivity index (χ1) is 15.0. The fraction of sp³-hybridized carbons (Fsp3) is 0.125. The van der Waals surface area contributed by atoms with Crippen molar-refractivity contribution >= 4 is 40.0 Å². The minimum absolute atomic E-state index is 0.382. The van der Waals surface area contributed by atoms with E-state index in [0.29, 0.717) is 18.5 Å². The number of benzene rings is 2. The second-order valence-corrected chi connectivity index (χ2v) is 7.71. The summed E-state index contributed by atoms with van der Waals surface area (Å²) in [5.74, 6) is -1.52. The number of carboxylic acids is 1. The number of fused-ring (bicyclic) bond motifs is 1.